The lowest BCUT2D eigenvalue weighted by atomic mass is 10.2. The van der Waals surface area contributed by atoms with Crippen molar-refractivity contribution >= 4 is 17.7 Å². The van der Waals surface area contributed by atoms with Crippen LogP contribution in [0.15, 0.2) is 23.4 Å². The van der Waals surface area contributed by atoms with Gasteiger partial charge in [-0.2, -0.15) is 0 Å². The summed E-state index contributed by atoms with van der Waals surface area (Å²) >= 11 is 1.38. The fraction of sp³-hybridized carbons (Fsp3) is 0.476. The predicted octanol–water partition coefficient (Wildman–Crippen LogP) is 3.95. The van der Waals surface area contributed by atoms with Gasteiger partial charge in [0.1, 0.15) is 0 Å². The summed E-state index contributed by atoms with van der Waals surface area (Å²) in [5.41, 5.74) is 4.00. The maximum Gasteiger partial charge on any atom is 0.233 e. The van der Waals surface area contributed by atoms with Crippen molar-refractivity contribution in [2.24, 2.45) is 0 Å². The Morgan fingerprint density at radius 2 is 1.79 bits per heavy atom. The number of carbonyl (C=O) groups excluding carboxylic acids is 1. The van der Waals surface area contributed by atoms with Crippen LogP contribution in [0.3, 0.4) is 0 Å². The zero-order valence-corrected chi connectivity index (χ0v) is 18.4. The molecule has 1 amide bonds. The fourth-order valence-corrected chi connectivity index (χ4v) is 3.54. The molecule has 0 bridgehead atoms. The van der Waals surface area contributed by atoms with E-state index in [2.05, 4.69) is 9.97 Å². The van der Waals surface area contributed by atoms with Crippen LogP contribution in [-0.4, -0.2) is 46.8 Å². The lowest BCUT2D eigenvalue weighted by Gasteiger charge is -2.21. The number of carbonyl (C=O) groups is 1. The molecule has 0 aliphatic rings. The van der Waals surface area contributed by atoms with Crippen molar-refractivity contribution in [1.82, 2.24) is 14.9 Å². The first-order valence-corrected chi connectivity index (χ1v) is 10.4. The molecule has 0 aliphatic carbocycles. The number of hydrogen-bond acceptors (Lipinski definition) is 6. The molecule has 1 aromatic heterocycles. The molecule has 0 aliphatic heterocycles. The van der Waals surface area contributed by atoms with Gasteiger partial charge < -0.3 is 14.4 Å². The maximum atomic E-state index is 12.7. The molecule has 7 heteroatoms. The minimum absolute atomic E-state index is 0.0554. The van der Waals surface area contributed by atoms with Crippen molar-refractivity contribution < 1.29 is 14.3 Å². The van der Waals surface area contributed by atoms with Gasteiger partial charge in [0.2, 0.25) is 5.91 Å². The van der Waals surface area contributed by atoms with E-state index in [4.69, 9.17) is 9.47 Å². The molecule has 0 N–H and O–H groups in total. The highest BCUT2D eigenvalue weighted by atomic mass is 32.2. The summed E-state index contributed by atoms with van der Waals surface area (Å²) in [7, 11) is 1.62. The normalized spacial score (nSPS) is 10.6. The van der Waals surface area contributed by atoms with Crippen LogP contribution < -0.4 is 9.47 Å². The number of ether oxygens (including phenoxy) is 2. The van der Waals surface area contributed by atoms with E-state index in [0.29, 0.717) is 42.1 Å². The molecule has 0 unspecified atom stereocenters. The third-order valence-electron chi connectivity index (χ3n) is 4.57. The van der Waals surface area contributed by atoms with E-state index in [1.807, 2.05) is 57.7 Å². The van der Waals surface area contributed by atoms with E-state index >= 15 is 0 Å². The molecule has 152 valence electrons. The van der Waals surface area contributed by atoms with Crippen molar-refractivity contribution in [2.45, 2.75) is 46.3 Å². The number of hydrogen-bond donors (Lipinski definition) is 0. The molecule has 2 aromatic rings. The Bertz CT molecular complexity index is 804. The van der Waals surface area contributed by atoms with E-state index in [-0.39, 0.29) is 5.91 Å². The smallest absolute Gasteiger partial charge is 0.233 e. The second-order valence-electron chi connectivity index (χ2n) is 6.42. The van der Waals surface area contributed by atoms with Gasteiger partial charge in [-0.3, -0.25) is 4.79 Å². The number of methoxy groups -OCH3 is 1. The largest absolute Gasteiger partial charge is 0.493 e. The summed E-state index contributed by atoms with van der Waals surface area (Å²) < 4.78 is 11.0. The second-order valence-corrected chi connectivity index (χ2v) is 7.36. The number of thioether (sulfide) groups is 1. The maximum absolute atomic E-state index is 12.7. The minimum atomic E-state index is 0.0554. The van der Waals surface area contributed by atoms with Crippen molar-refractivity contribution in [3.63, 3.8) is 0 Å². The quantitative estimate of drug-likeness (QED) is 0.467. The summed E-state index contributed by atoms with van der Waals surface area (Å²) in [5, 5.41) is 0.646. The molecule has 0 radical (unpaired) electrons. The number of benzene rings is 1. The number of aromatic nitrogens is 2. The summed E-state index contributed by atoms with van der Waals surface area (Å²) in [5.74, 6) is 1.75. The lowest BCUT2D eigenvalue weighted by molar-refractivity contribution is -0.128. The summed E-state index contributed by atoms with van der Waals surface area (Å²) in [6.45, 7) is 11.6. The van der Waals surface area contributed by atoms with Gasteiger partial charge >= 0.3 is 0 Å². The van der Waals surface area contributed by atoms with E-state index in [1.165, 1.54) is 11.8 Å². The number of rotatable bonds is 9. The molecular formula is C21H29N3O3S. The Labute approximate surface area is 171 Å². The number of amides is 1. The molecule has 0 saturated carbocycles. The van der Waals surface area contributed by atoms with Crippen molar-refractivity contribution in [3.8, 4) is 11.5 Å². The third kappa shape index (κ3) is 5.61. The standard InChI is InChI=1S/C21H29N3O3S/c1-7-24(12-17-9-10-18(27-8-2)19(11-17)26-6)20(25)13-28-21-22-15(4)14(3)16(5)23-21/h9-11H,7-8,12-13H2,1-6H3. The van der Waals surface area contributed by atoms with Crippen LogP contribution >= 0.6 is 11.8 Å². The first kappa shape index (κ1) is 22.0. The highest BCUT2D eigenvalue weighted by Gasteiger charge is 2.15. The Balaban J connectivity index is 2.03. The molecule has 6 nitrogen and oxygen atoms in total. The van der Waals surface area contributed by atoms with E-state index < -0.39 is 0 Å². The Kier molecular flexibility index (Phi) is 8.11. The van der Waals surface area contributed by atoms with Gasteiger partial charge in [0.05, 0.1) is 19.5 Å². The zero-order valence-electron chi connectivity index (χ0n) is 17.5. The van der Waals surface area contributed by atoms with Crippen LogP contribution in [-0.2, 0) is 11.3 Å². The Hall–Kier alpha value is -2.28. The van der Waals surface area contributed by atoms with Gasteiger partial charge in [0.25, 0.3) is 0 Å². The van der Waals surface area contributed by atoms with Gasteiger partial charge in [-0.1, -0.05) is 17.8 Å². The predicted molar refractivity (Wildman–Crippen MR) is 112 cm³/mol. The average Bonchev–Trinajstić information content (AvgIpc) is 2.69. The fourth-order valence-electron chi connectivity index (χ4n) is 2.71. The van der Waals surface area contributed by atoms with Crippen molar-refractivity contribution in [1.29, 1.82) is 0 Å². The van der Waals surface area contributed by atoms with Crippen molar-refractivity contribution in [3.05, 3.63) is 40.7 Å². The highest BCUT2D eigenvalue weighted by Crippen LogP contribution is 2.28. The van der Waals surface area contributed by atoms with Crippen LogP contribution in [0, 0.1) is 20.8 Å². The molecule has 0 spiro atoms. The van der Waals surface area contributed by atoms with Crippen LogP contribution in [0.5, 0.6) is 11.5 Å². The molecule has 0 saturated heterocycles. The topological polar surface area (TPSA) is 64.5 Å². The third-order valence-corrected chi connectivity index (χ3v) is 5.40. The van der Waals surface area contributed by atoms with Gasteiger partial charge in [-0.15, -0.1) is 0 Å². The Morgan fingerprint density at radius 3 is 2.36 bits per heavy atom. The first-order chi connectivity index (χ1) is 13.4. The molecule has 28 heavy (non-hydrogen) atoms. The van der Waals surface area contributed by atoms with Crippen LogP contribution in [0.2, 0.25) is 0 Å². The minimum Gasteiger partial charge on any atom is -0.493 e. The van der Waals surface area contributed by atoms with E-state index in [0.717, 1.165) is 22.5 Å². The number of aryl methyl sites for hydroxylation is 2. The highest BCUT2D eigenvalue weighted by molar-refractivity contribution is 7.99. The van der Waals surface area contributed by atoms with E-state index in [1.54, 1.807) is 7.11 Å². The average molecular weight is 404 g/mol. The molecule has 1 heterocycles. The monoisotopic (exact) mass is 403 g/mol. The summed E-state index contributed by atoms with van der Waals surface area (Å²) in [4.78, 5) is 23.5. The Morgan fingerprint density at radius 1 is 1.11 bits per heavy atom. The molecule has 2 rings (SSSR count). The lowest BCUT2D eigenvalue weighted by Crippen LogP contribution is -2.31. The first-order valence-electron chi connectivity index (χ1n) is 9.41. The molecule has 0 fully saturated rings. The van der Waals surface area contributed by atoms with Gasteiger partial charge in [0, 0.05) is 24.5 Å². The van der Waals surface area contributed by atoms with Crippen LogP contribution in [0.1, 0.15) is 36.4 Å². The van der Waals surface area contributed by atoms with Crippen molar-refractivity contribution in [2.75, 3.05) is 26.0 Å². The summed E-state index contributed by atoms with van der Waals surface area (Å²) in [6.07, 6.45) is 0. The molecular weight excluding hydrogens is 374 g/mol. The number of nitrogens with zero attached hydrogens (tertiary/aromatic N) is 3. The van der Waals surface area contributed by atoms with E-state index in [9.17, 15) is 4.79 Å². The van der Waals surface area contributed by atoms with Gasteiger partial charge in [-0.05, 0) is 57.9 Å². The molecule has 0 atom stereocenters. The molecule has 1 aromatic carbocycles. The zero-order chi connectivity index (χ0) is 20.7. The van der Waals surface area contributed by atoms with Gasteiger partial charge in [-0.25, -0.2) is 9.97 Å². The second kappa shape index (κ2) is 10.3. The van der Waals surface area contributed by atoms with Gasteiger partial charge in [0.15, 0.2) is 16.7 Å². The van der Waals surface area contributed by atoms with Crippen LogP contribution in [0.4, 0.5) is 0 Å². The van der Waals surface area contributed by atoms with Crippen LogP contribution in [0.25, 0.3) is 0 Å². The SMILES string of the molecule is CCOc1ccc(CN(CC)C(=O)CSc2nc(C)c(C)c(C)n2)cc1OC. The summed E-state index contributed by atoms with van der Waals surface area (Å²) in [6, 6.07) is 5.77.